The topological polar surface area (TPSA) is 58.1 Å². The van der Waals surface area contributed by atoms with Gasteiger partial charge < -0.3 is 20.1 Å². The van der Waals surface area contributed by atoms with Crippen LogP contribution in [0.4, 0.5) is 13.2 Å². The fourth-order valence-corrected chi connectivity index (χ4v) is 3.46. The van der Waals surface area contributed by atoms with Crippen LogP contribution < -0.4 is 20.1 Å². The normalized spacial score (nSPS) is 18.3. The second-order valence-corrected chi connectivity index (χ2v) is 7.24. The van der Waals surface area contributed by atoms with Crippen molar-refractivity contribution in [3.63, 3.8) is 0 Å². The van der Waals surface area contributed by atoms with Gasteiger partial charge >= 0.3 is 6.18 Å². The second-order valence-electron chi connectivity index (χ2n) is 7.24. The van der Waals surface area contributed by atoms with Gasteiger partial charge in [-0.1, -0.05) is 6.07 Å². The summed E-state index contributed by atoms with van der Waals surface area (Å²) in [5, 5.41) is 6.63. The van der Waals surface area contributed by atoms with Crippen molar-refractivity contribution in [2.45, 2.75) is 52.4 Å². The second kappa shape index (κ2) is 13.2. The Balaban J connectivity index is 0.00000480. The van der Waals surface area contributed by atoms with E-state index >= 15 is 0 Å². The van der Waals surface area contributed by atoms with E-state index in [0.717, 1.165) is 5.56 Å². The van der Waals surface area contributed by atoms with E-state index in [0.29, 0.717) is 56.7 Å². The summed E-state index contributed by atoms with van der Waals surface area (Å²) >= 11 is 0. The molecule has 1 aliphatic rings. The van der Waals surface area contributed by atoms with Crippen molar-refractivity contribution in [1.29, 1.82) is 0 Å². The van der Waals surface area contributed by atoms with E-state index in [1.165, 1.54) is 4.90 Å². The van der Waals surface area contributed by atoms with Crippen LogP contribution in [0.25, 0.3) is 0 Å². The van der Waals surface area contributed by atoms with E-state index in [1.807, 2.05) is 45.9 Å². The van der Waals surface area contributed by atoms with Gasteiger partial charge in [0.15, 0.2) is 17.5 Å². The molecule has 2 N–H and O–H groups in total. The number of hydrogen-bond acceptors (Lipinski definition) is 4. The number of nitrogens with zero attached hydrogens (tertiary/aromatic N) is 2. The highest BCUT2D eigenvalue weighted by atomic mass is 127. The smallest absolute Gasteiger partial charge is 0.401 e. The molecule has 0 saturated carbocycles. The quantitative estimate of drug-likeness (QED) is 0.268. The molecule has 0 aliphatic carbocycles. The Labute approximate surface area is 200 Å². The van der Waals surface area contributed by atoms with Gasteiger partial charge in [0.1, 0.15) is 0 Å². The maximum absolute atomic E-state index is 12.6. The van der Waals surface area contributed by atoms with Crippen molar-refractivity contribution in [1.82, 2.24) is 15.5 Å². The summed E-state index contributed by atoms with van der Waals surface area (Å²) in [7, 11) is 0. The zero-order valence-corrected chi connectivity index (χ0v) is 20.9. The number of nitrogens with one attached hydrogen (secondary N) is 2. The number of halogens is 4. The van der Waals surface area contributed by atoms with Crippen LogP contribution in [0.5, 0.6) is 11.5 Å². The molecule has 1 aromatic carbocycles. The van der Waals surface area contributed by atoms with Crippen LogP contribution in [0.3, 0.4) is 0 Å². The highest BCUT2D eigenvalue weighted by molar-refractivity contribution is 14.0. The average molecular weight is 558 g/mol. The van der Waals surface area contributed by atoms with Gasteiger partial charge in [0.2, 0.25) is 0 Å². The molecule has 1 saturated heterocycles. The molecular weight excluding hydrogens is 524 g/mol. The standard InChI is InChI=1S/C21H33F3N4O2.HI/c1-5-25-20(27-17-10-11-28(13-17)14-21(22,23)24)26-15(4)16-8-9-18(29-6-2)19(12-16)30-7-3;/h8-9,12,15,17H,5-7,10-11,13-14H2,1-4H3,(H2,25,26,27);1H. The van der Waals surface area contributed by atoms with E-state index in [-0.39, 0.29) is 36.1 Å². The summed E-state index contributed by atoms with van der Waals surface area (Å²) < 4.78 is 49.2. The van der Waals surface area contributed by atoms with Crippen LogP contribution in [0.2, 0.25) is 0 Å². The van der Waals surface area contributed by atoms with Gasteiger partial charge in [-0.2, -0.15) is 13.2 Å². The van der Waals surface area contributed by atoms with Gasteiger partial charge in [0.25, 0.3) is 0 Å². The summed E-state index contributed by atoms with van der Waals surface area (Å²) in [6.07, 6.45) is -3.53. The van der Waals surface area contributed by atoms with Crippen LogP contribution in [-0.2, 0) is 0 Å². The van der Waals surface area contributed by atoms with Crippen molar-refractivity contribution < 1.29 is 22.6 Å². The Morgan fingerprint density at radius 2 is 1.87 bits per heavy atom. The lowest BCUT2D eigenvalue weighted by molar-refractivity contribution is -0.143. The maximum atomic E-state index is 12.6. The van der Waals surface area contributed by atoms with Crippen LogP contribution >= 0.6 is 24.0 Å². The van der Waals surface area contributed by atoms with Gasteiger partial charge in [-0.15, -0.1) is 24.0 Å². The number of rotatable bonds is 9. The van der Waals surface area contributed by atoms with Crippen molar-refractivity contribution in [3.05, 3.63) is 23.8 Å². The minimum absolute atomic E-state index is 0. The average Bonchev–Trinajstić information content (AvgIpc) is 3.08. The van der Waals surface area contributed by atoms with Crippen molar-refractivity contribution in [2.24, 2.45) is 4.99 Å². The maximum Gasteiger partial charge on any atom is 0.401 e. The first kappa shape index (κ1) is 27.6. The molecule has 0 amide bonds. The van der Waals surface area contributed by atoms with Gasteiger partial charge in [0.05, 0.1) is 25.8 Å². The van der Waals surface area contributed by atoms with E-state index in [4.69, 9.17) is 9.47 Å². The lowest BCUT2D eigenvalue weighted by Gasteiger charge is -2.23. The van der Waals surface area contributed by atoms with Gasteiger partial charge in [-0.3, -0.25) is 9.89 Å². The van der Waals surface area contributed by atoms with E-state index in [2.05, 4.69) is 15.6 Å². The number of benzene rings is 1. The zero-order chi connectivity index (χ0) is 22.1. The number of hydrogen-bond donors (Lipinski definition) is 2. The number of aliphatic imine (C=N–C) groups is 1. The van der Waals surface area contributed by atoms with Crippen LogP contribution in [0, 0.1) is 0 Å². The van der Waals surface area contributed by atoms with Crippen LogP contribution in [0.15, 0.2) is 23.2 Å². The Morgan fingerprint density at radius 3 is 2.48 bits per heavy atom. The monoisotopic (exact) mass is 558 g/mol. The lowest BCUT2D eigenvalue weighted by atomic mass is 10.1. The first-order chi connectivity index (χ1) is 14.3. The van der Waals surface area contributed by atoms with Gasteiger partial charge in [-0.05, 0) is 51.8 Å². The third-order valence-electron chi connectivity index (χ3n) is 4.75. The fraction of sp³-hybridized carbons (Fsp3) is 0.667. The Hall–Kier alpha value is -1.43. The zero-order valence-electron chi connectivity index (χ0n) is 18.6. The summed E-state index contributed by atoms with van der Waals surface area (Å²) in [6.45, 7) is 9.30. The molecule has 178 valence electrons. The third-order valence-corrected chi connectivity index (χ3v) is 4.75. The molecule has 31 heavy (non-hydrogen) atoms. The van der Waals surface area contributed by atoms with Gasteiger partial charge in [-0.25, -0.2) is 0 Å². The number of alkyl halides is 3. The molecular formula is C21H34F3IN4O2. The molecule has 6 nitrogen and oxygen atoms in total. The fourth-order valence-electron chi connectivity index (χ4n) is 3.46. The molecule has 2 rings (SSSR count). The molecule has 0 aromatic heterocycles. The first-order valence-corrected chi connectivity index (χ1v) is 10.5. The van der Waals surface area contributed by atoms with E-state index < -0.39 is 12.7 Å². The Morgan fingerprint density at radius 1 is 1.19 bits per heavy atom. The number of likely N-dealkylation sites (tertiary alicyclic amines) is 1. The van der Waals surface area contributed by atoms with E-state index in [9.17, 15) is 13.2 Å². The predicted octanol–water partition coefficient (Wildman–Crippen LogP) is 4.35. The Kier molecular flexibility index (Phi) is 11.7. The number of guanidine groups is 1. The van der Waals surface area contributed by atoms with Crippen molar-refractivity contribution >= 4 is 29.9 Å². The third kappa shape index (κ3) is 9.30. The highest BCUT2D eigenvalue weighted by Crippen LogP contribution is 2.30. The highest BCUT2D eigenvalue weighted by Gasteiger charge is 2.34. The molecule has 1 fully saturated rings. The lowest BCUT2D eigenvalue weighted by Crippen LogP contribution is -2.46. The predicted molar refractivity (Wildman–Crippen MR) is 128 cm³/mol. The van der Waals surface area contributed by atoms with Crippen LogP contribution in [-0.4, -0.2) is 62.5 Å². The molecule has 1 heterocycles. The Bertz CT molecular complexity index is 704. The van der Waals surface area contributed by atoms with Crippen LogP contribution in [0.1, 0.15) is 45.7 Å². The molecule has 2 atom stereocenters. The summed E-state index contributed by atoms with van der Waals surface area (Å²) in [5.41, 5.74) is 0.998. The minimum Gasteiger partial charge on any atom is -0.490 e. The van der Waals surface area contributed by atoms with Crippen molar-refractivity contribution in [2.75, 3.05) is 39.4 Å². The molecule has 0 bridgehead atoms. The van der Waals surface area contributed by atoms with Crippen molar-refractivity contribution in [3.8, 4) is 11.5 Å². The molecule has 0 spiro atoms. The summed E-state index contributed by atoms with van der Waals surface area (Å²) in [4.78, 5) is 5.88. The van der Waals surface area contributed by atoms with Gasteiger partial charge in [0, 0.05) is 25.7 Å². The minimum atomic E-state index is -4.17. The molecule has 2 unspecified atom stereocenters. The SMILES string of the molecule is CCN=C(NC1CCN(CC(F)(F)F)C1)NC(C)c1ccc(OCC)c(OCC)c1.I. The molecule has 0 radical (unpaired) electrons. The molecule has 10 heteroatoms. The summed E-state index contributed by atoms with van der Waals surface area (Å²) in [5.74, 6) is 1.98. The largest absolute Gasteiger partial charge is 0.490 e. The number of ether oxygens (including phenoxy) is 2. The molecule has 1 aliphatic heterocycles. The first-order valence-electron chi connectivity index (χ1n) is 10.5. The van der Waals surface area contributed by atoms with E-state index in [1.54, 1.807) is 0 Å². The molecule has 1 aromatic rings. The summed E-state index contributed by atoms with van der Waals surface area (Å²) in [6, 6.07) is 5.64.